The highest BCUT2D eigenvalue weighted by atomic mass is 16.6. The first-order chi connectivity index (χ1) is 16.4. The zero-order valence-corrected chi connectivity index (χ0v) is 23.3. The normalized spacial score (nSPS) is 14.0. The molecular weight excluding hydrogens is 448 g/mol. The van der Waals surface area contributed by atoms with Gasteiger partial charge in [0.05, 0.1) is 6.61 Å². The van der Waals surface area contributed by atoms with Crippen LogP contribution < -0.4 is 0 Å². The lowest BCUT2D eigenvalue weighted by Gasteiger charge is -2.33. The fourth-order valence-corrected chi connectivity index (χ4v) is 4.19. The predicted molar refractivity (Wildman–Crippen MR) is 137 cm³/mol. The maximum absolute atomic E-state index is 13.3. The topological polar surface area (TPSA) is 96.0 Å². The number of unbranched alkanes of at least 4 members (excludes halogenated alkanes) is 6. The molecule has 0 saturated carbocycles. The van der Waals surface area contributed by atoms with Crippen LogP contribution in [0.15, 0.2) is 0 Å². The maximum atomic E-state index is 13.3. The molecule has 0 aliphatic heterocycles. The van der Waals surface area contributed by atoms with Crippen molar-refractivity contribution < 1.29 is 33.4 Å². The fraction of sp³-hybridized carbons (Fsp3) is 0.857. The Morgan fingerprint density at radius 3 is 1.94 bits per heavy atom. The molecule has 0 rings (SSSR count). The predicted octanol–water partition coefficient (Wildman–Crippen LogP) is 6.49. The molecule has 0 spiro atoms. The minimum absolute atomic E-state index is 0.199. The van der Waals surface area contributed by atoms with Crippen molar-refractivity contribution in [3.63, 3.8) is 0 Å². The monoisotopic (exact) mass is 498 g/mol. The lowest BCUT2D eigenvalue weighted by Crippen LogP contribution is -2.43. The number of hydrogen-bond donors (Lipinski definition) is 0. The van der Waals surface area contributed by atoms with E-state index in [1.54, 1.807) is 27.7 Å². The lowest BCUT2D eigenvalue weighted by atomic mass is 9.74. The van der Waals surface area contributed by atoms with Crippen LogP contribution in [0.25, 0.3) is 0 Å². The van der Waals surface area contributed by atoms with Crippen molar-refractivity contribution in [2.24, 2.45) is 5.41 Å². The van der Waals surface area contributed by atoms with E-state index >= 15 is 0 Å². The number of rotatable bonds is 19. The molecule has 0 aliphatic carbocycles. The van der Waals surface area contributed by atoms with Gasteiger partial charge in [-0.1, -0.05) is 45.4 Å². The van der Waals surface area contributed by atoms with Crippen molar-refractivity contribution in [2.45, 2.75) is 144 Å². The second kappa shape index (κ2) is 17.5. The first-order valence-corrected chi connectivity index (χ1v) is 13.4. The van der Waals surface area contributed by atoms with Gasteiger partial charge in [0.15, 0.2) is 0 Å². The quantitative estimate of drug-likeness (QED) is 0.0869. The van der Waals surface area contributed by atoms with Crippen LogP contribution in [0.4, 0.5) is 0 Å². The summed E-state index contributed by atoms with van der Waals surface area (Å²) in [4.78, 5) is 49.5. The van der Waals surface area contributed by atoms with E-state index in [0.717, 1.165) is 44.9 Å². The van der Waals surface area contributed by atoms with E-state index in [-0.39, 0.29) is 30.2 Å². The van der Waals surface area contributed by atoms with Crippen LogP contribution in [0.3, 0.4) is 0 Å². The fourth-order valence-electron chi connectivity index (χ4n) is 4.19. The van der Waals surface area contributed by atoms with Gasteiger partial charge in [0.2, 0.25) is 0 Å². The number of carbonyl (C=O) groups excluding carboxylic acids is 4. The minimum Gasteiger partial charge on any atom is -0.466 e. The molecule has 0 aromatic rings. The third-order valence-electron chi connectivity index (χ3n) is 6.11. The van der Waals surface area contributed by atoms with Crippen LogP contribution in [0, 0.1) is 5.41 Å². The molecular formula is C28H50O7. The number of Topliss-reactive ketones (excluding diaryl/α,β-unsaturated/α-hetero) is 1. The van der Waals surface area contributed by atoms with Gasteiger partial charge >= 0.3 is 17.9 Å². The van der Waals surface area contributed by atoms with Gasteiger partial charge in [-0.05, 0) is 73.1 Å². The maximum Gasteiger partial charge on any atom is 0.320 e. The highest BCUT2D eigenvalue weighted by Crippen LogP contribution is 2.36. The van der Waals surface area contributed by atoms with Crippen LogP contribution >= 0.6 is 0 Å². The number of hydrogen-bond acceptors (Lipinski definition) is 7. The number of carbonyl (C=O) groups is 4. The summed E-state index contributed by atoms with van der Waals surface area (Å²) in [6.45, 7) is 12.5. The molecule has 0 fully saturated rings. The van der Waals surface area contributed by atoms with Gasteiger partial charge in [0.25, 0.3) is 0 Å². The second-order valence-corrected chi connectivity index (χ2v) is 10.5. The highest BCUT2D eigenvalue weighted by Gasteiger charge is 2.45. The molecule has 35 heavy (non-hydrogen) atoms. The van der Waals surface area contributed by atoms with Gasteiger partial charge in [0.1, 0.15) is 22.9 Å². The van der Waals surface area contributed by atoms with Crippen LogP contribution in [0.1, 0.15) is 132 Å². The number of ketones is 1. The molecule has 0 bridgehead atoms. The summed E-state index contributed by atoms with van der Waals surface area (Å²) in [7, 11) is 0. The minimum atomic E-state index is -1.27. The van der Waals surface area contributed by atoms with E-state index in [1.165, 1.54) is 13.8 Å². The molecule has 0 saturated heterocycles. The number of esters is 3. The summed E-state index contributed by atoms with van der Waals surface area (Å²) in [5.41, 5.74) is -1.98. The Bertz CT molecular complexity index is 650. The van der Waals surface area contributed by atoms with Gasteiger partial charge < -0.3 is 14.2 Å². The summed E-state index contributed by atoms with van der Waals surface area (Å²) >= 11 is 0. The Hall–Kier alpha value is -1.92. The van der Waals surface area contributed by atoms with Crippen molar-refractivity contribution in [1.82, 2.24) is 0 Å². The standard InChI is InChI=1S/C28H50O7/c1-8-10-11-14-17-24(34-23(4)30)19-21-28(22(3)29,26(32)35-27(5,6)7)20-16-13-12-15-18-25(31)33-9-2/h24H,8-21H2,1-7H3. The summed E-state index contributed by atoms with van der Waals surface area (Å²) < 4.78 is 16.2. The Morgan fingerprint density at radius 1 is 0.771 bits per heavy atom. The molecule has 2 atom stereocenters. The van der Waals surface area contributed by atoms with E-state index in [1.807, 2.05) is 0 Å². The van der Waals surface area contributed by atoms with Crippen LogP contribution in [0.5, 0.6) is 0 Å². The lowest BCUT2D eigenvalue weighted by molar-refractivity contribution is -0.172. The molecule has 0 aromatic carbocycles. The highest BCUT2D eigenvalue weighted by molar-refractivity contribution is 6.02. The van der Waals surface area contributed by atoms with Gasteiger partial charge in [0, 0.05) is 13.3 Å². The zero-order chi connectivity index (χ0) is 26.9. The van der Waals surface area contributed by atoms with Crippen molar-refractivity contribution in [3.05, 3.63) is 0 Å². The van der Waals surface area contributed by atoms with Crippen molar-refractivity contribution in [1.29, 1.82) is 0 Å². The molecule has 7 nitrogen and oxygen atoms in total. The van der Waals surface area contributed by atoms with E-state index < -0.39 is 17.0 Å². The Labute approximate surface area is 213 Å². The SMILES string of the molecule is CCCCCCC(CCC(CCCCCCC(=O)OCC)(C(C)=O)C(=O)OC(C)(C)C)OC(C)=O. The molecule has 2 unspecified atom stereocenters. The third kappa shape index (κ3) is 14.9. The van der Waals surface area contributed by atoms with Gasteiger partial charge in [-0.15, -0.1) is 0 Å². The first kappa shape index (κ1) is 33.1. The number of ether oxygens (including phenoxy) is 3. The van der Waals surface area contributed by atoms with Crippen LogP contribution in [-0.2, 0) is 33.4 Å². The first-order valence-electron chi connectivity index (χ1n) is 13.4. The van der Waals surface area contributed by atoms with Crippen molar-refractivity contribution in [3.8, 4) is 0 Å². The molecule has 204 valence electrons. The van der Waals surface area contributed by atoms with E-state index in [9.17, 15) is 19.2 Å². The summed E-state index contributed by atoms with van der Waals surface area (Å²) in [6.07, 6.45) is 9.08. The largest absolute Gasteiger partial charge is 0.466 e. The summed E-state index contributed by atoms with van der Waals surface area (Å²) in [5.74, 6) is -1.27. The molecule has 0 N–H and O–H groups in total. The molecule has 0 radical (unpaired) electrons. The Kier molecular flexibility index (Phi) is 16.5. The average Bonchev–Trinajstić information content (AvgIpc) is 2.73. The van der Waals surface area contributed by atoms with Crippen molar-refractivity contribution >= 4 is 23.7 Å². The molecule has 7 heteroatoms. The smallest absolute Gasteiger partial charge is 0.320 e. The zero-order valence-electron chi connectivity index (χ0n) is 23.3. The van der Waals surface area contributed by atoms with Crippen molar-refractivity contribution in [2.75, 3.05) is 6.61 Å². The Balaban J connectivity index is 5.33. The van der Waals surface area contributed by atoms with Gasteiger partial charge in [-0.3, -0.25) is 19.2 Å². The third-order valence-corrected chi connectivity index (χ3v) is 6.11. The molecule has 0 aromatic heterocycles. The van der Waals surface area contributed by atoms with E-state index in [4.69, 9.17) is 14.2 Å². The Morgan fingerprint density at radius 2 is 1.40 bits per heavy atom. The van der Waals surface area contributed by atoms with E-state index in [2.05, 4.69) is 6.92 Å². The van der Waals surface area contributed by atoms with E-state index in [0.29, 0.717) is 38.7 Å². The van der Waals surface area contributed by atoms with Gasteiger partial charge in [-0.2, -0.15) is 0 Å². The second-order valence-electron chi connectivity index (χ2n) is 10.5. The van der Waals surface area contributed by atoms with Crippen LogP contribution in [0.2, 0.25) is 0 Å². The average molecular weight is 499 g/mol. The summed E-state index contributed by atoms with van der Waals surface area (Å²) in [6, 6.07) is 0. The van der Waals surface area contributed by atoms with Gasteiger partial charge in [-0.25, -0.2) is 0 Å². The molecule has 0 aliphatic rings. The summed E-state index contributed by atoms with van der Waals surface area (Å²) in [5, 5.41) is 0. The molecule has 0 heterocycles. The van der Waals surface area contributed by atoms with Crippen LogP contribution in [-0.4, -0.2) is 42.0 Å². The molecule has 0 amide bonds.